The van der Waals surface area contributed by atoms with Crippen LogP contribution in [0.5, 0.6) is 0 Å². The molecule has 0 aliphatic carbocycles. The number of hydrogen-bond donors (Lipinski definition) is 0. The van der Waals surface area contributed by atoms with Crippen LogP contribution >= 0.6 is 0 Å². The second-order valence-electron chi connectivity index (χ2n) is 6.62. The van der Waals surface area contributed by atoms with E-state index in [2.05, 4.69) is 0 Å². The molecule has 2 amide bonds. The van der Waals surface area contributed by atoms with Crippen molar-refractivity contribution in [2.45, 2.75) is 50.9 Å². The molecule has 0 aromatic carbocycles. The fourth-order valence-electron chi connectivity index (χ4n) is 2.86. The number of amides is 2. The third-order valence-corrected chi connectivity index (χ3v) is 3.71. The Hall–Kier alpha value is -1.47. The van der Waals surface area contributed by atoms with E-state index < -0.39 is 29.3 Å². The number of carbonyl (C=O) groups excluding carboxylic acids is 2. The van der Waals surface area contributed by atoms with Crippen LogP contribution in [0.15, 0.2) is 0 Å². The fourth-order valence-corrected chi connectivity index (χ4v) is 2.86. The van der Waals surface area contributed by atoms with Gasteiger partial charge in [0.2, 0.25) is 0 Å². The molecular weight excluding hydrogens is 289 g/mol. The zero-order chi connectivity index (χ0) is 16.1. The summed E-state index contributed by atoms with van der Waals surface area (Å²) in [6.07, 6.45) is -4.43. The highest BCUT2D eigenvalue weighted by atomic mass is 19.4. The summed E-state index contributed by atoms with van der Waals surface area (Å²) in [6, 6.07) is 0. The molecule has 0 aromatic heterocycles. The maximum Gasteiger partial charge on any atom is 0.471 e. The van der Waals surface area contributed by atoms with Gasteiger partial charge >= 0.3 is 18.2 Å². The number of halogens is 3. The van der Waals surface area contributed by atoms with Crippen LogP contribution in [0, 0.1) is 0 Å². The van der Waals surface area contributed by atoms with Crippen molar-refractivity contribution >= 4 is 12.0 Å². The Morgan fingerprint density at radius 1 is 1.14 bits per heavy atom. The van der Waals surface area contributed by atoms with E-state index in [0.29, 0.717) is 12.8 Å². The van der Waals surface area contributed by atoms with Gasteiger partial charge in [-0.15, -0.1) is 0 Å². The first kappa shape index (κ1) is 15.9. The van der Waals surface area contributed by atoms with Gasteiger partial charge in [0.15, 0.2) is 0 Å². The van der Waals surface area contributed by atoms with Crippen LogP contribution in [0.1, 0.15) is 33.6 Å². The van der Waals surface area contributed by atoms with Gasteiger partial charge in [0.1, 0.15) is 5.60 Å². The zero-order valence-corrected chi connectivity index (χ0v) is 12.3. The van der Waals surface area contributed by atoms with Gasteiger partial charge < -0.3 is 14.5 Å². The lowest BCUT2D eigenvalue weighted by atomic mass is 9.87. The number of nitrogens with zero attached hydrogens (tertiary/aromatic N) is 2. The second-order valence-corrected chi connectivity index (χ2v) is 6.62. The van der Waals surface area contributed by atoms with E-state index in [1.165, 1.54) is 4.90 Å². The first-order chi connectivity index (χ1) is 9.45. The standard InChI is InChI=1S/C13H19F3N2O3/c1-11(2,3)21-10(20)17-7-12(8-17)5-4-6-18(12)9(19)13(14,15)16/h4-8H2,1-3H3. The highest BCUT2D eigenvalue weighted by Crippen LogP contribution is 2.40. The van der Waals surface area contributed by atoms with Gasteiger partial charge in [0, 0.05) is 19.6 Å². The smallest absolute Gasteiger partial charge is 0.444 e. The molecule has 2 aliphatic heterocycles. The molecule has 8 heteroatoms. The summed E-state index contributed by atoms with van der Waals surface area (Å²) in [7, 11) is 0. The molecule has 2 fully saturated rings. The molecule has 120 valence electrons. The molecule has 2 heterocycles. The molecule has 1 spiro atoms. The lowest BCUT2D eigenvalue weighted by molar-refractivity contribution is -0.194. The average Bonchev–Trinajstić information content (AvgIpc) is 2.65. The number of alkyl halides is 3. The number of ether oxygens (including phenoxy) is 1. The molecule has 2 rings (SSSR count). The Bertz CT molecular complexity index is 451. The molecule has 0 aromatic rings. The normalized spacial score (nSPS) is 21.4. The molecule has 0 N–H and O–H groups in total. The summed E-state index contributed by atoms with van der Waals surface area (Å²) in [5.74, 6) is -1.82. The molecule has 0 radical (unpaired) electrons. The molecule has 21 heavy (non-hydrogen) atoms. The molecule has 0 atom stereocenters. The summed E-state index contributed by atoms with van der Waals surface area (Å²) in [5.41, 5.74) is -1.53. The first-order valence-corrected chi connectivity index (χ1v) is 6.81. The zero-order valence-electron chi connectivity index (χ0n) is 12.3. The summed E-state index contributed by atoms with van der Waals surface area (Å²) in [6.45, 7) is 5.44. The Balaban J connectivity index is 2.00. The van der Waals surface area contributed by atoms with Crippen molar-refractivity contribution in [1.82, 2.24) is 9.80 Å². The van der Waals surface area contributed by atoms with Crippen LogP contribution in [0.25, 0.3) is 0 Å². The molecule has 2 aliphatic rings. The SMILES string of the molecule is CC(C)(C)OC(=O)N1CC2(CCCN2C(=O)C(F)(F)F)C1. The van der Waals surface area contributed by atoms with Crippen molar-refractivity contribution in [3.63, 3.8) is 0 Å². The van der Waals surface area contributed by atoms with Crippen LogP contribution < -0.4 is 0 Å². The van der Waals surface area contributed by atoms with Crippen LogP contribution in [-0.4, -0.2) is 58.8 Å². The largest absolute Gasteiger partial charge is 0.471 e. The minimum Gasteiger partial charge on any atom is -0.444 e. The summed E-state index contributed by atoms with van der Waals surface area (Å²) in [4.78, 5) is 25.5. The van der Waals surface area contributed by atoms with Gasteiger partial charge in [-0.25, -0.2) is 4.79 Å². The Labute approximate surface area is 121 Å². The number of hydrogen-bond acceptors (Lipinski definition) is 3. The average molecular weight is 308 g/mol. The lowest BCUT2D eigenvalue weighted by Gasteiger charge is -2.52. The Morgan fingerprint density at radius 3 is 2.19 bits per heavy atom. The minimum absolute atomic E-state index is 0.0838. The fraction of sp³-hybridized carbons (Fsp3) is 0.846. The van der Waals surface area contributed by atoms with Crippen LogP contribution in [0.4, 0.5) is 18.0 Å². The van der Waals surface area contributed by atoms with Gasteiger partial charge in [0.05, 0.1) is 5.54 Å². The van der Waals surface area contributed by atoms with E-state index in [1.807, 2.05) is 0 Å². The van der Waals surface area contributed by atoms with Crippen LogP contribution in [0.2, 0.25) is 0 Å². The highest BCUT2D eigenvalue weighted by Gasteiger charge is 2.58. The first-order valence-electron chi connectivity index (χ1n) is 6.81. The third-order valence-electron chi connectivity index (χ3n) is 3.71. The predicted molar refractivity (Wildman–Crippen MR) is 67.5 cm³/mol. The number of likely N-dealkylation sites (tertiary alicyclic amines) is 2. The molecule has 0 unspecified atom stereocenters. The van der Waals surface area contributed by atoms with Gasteiger partial charge in [-0.3, -0.25) is 4.79 Å². The highest BCUT2D eigenvalue weighted by molar-refractivity contribution is 5.83. The molecule has 5 nitrogen and oxygen atoms in total. The quantitative estimate of drug-likeness (QED) is 0.689. The van der Waals surface area contributed by atoms with E-state index in [4.69, 9.17) is 4.74 Å². The van der Waals surface area contributed by atoms with Gasteiger partial charge in [0.25, 0.3) is 0 Å². The third kappa shape index (κ3) is 3.08. The molecule has 0 saturated carbocycles. The van der Waals surface area contributed by atoms with Gasteiger partial charge in [-0.05, 0) is 33.6 Å². The maximum atomic E-state index is 12.6. The van der Waals surface area contributed by atoms with Crippen molar-refractivity contribution < 1.29 is 27.5 Å². The lowest BCUT2D eigenvalue weighted by Crippen LogP contribution is -2.71. The van der Waals surface area contributed by atoms with E-state index >= 15 is 0 Å². The molecular formula is C13H19F3N2O3. The van der Waals surface area contributed by atoms with Crippen molar-refractivity contribution in [2.24, 2.45) is 0 Å². The maximum absolute atomic E-state index is 12.6. The van der Waals surface area contributed by atoms with E-state index in [-0.39, 0.29) is 19.6 Å². The minimum atomic E-state index is -4.87. The molecule has 2 saturated heterocycles. The van der Waals surface area contributed by atoms with E-state index in [9.17, 15) is 22.8 Å². The van der Waals surface area contributed by atoms with Crippen molar-refractivity contribution in [3.05, 3.63) is 0 Å². The monoisotopic (exact) mass is 308 g/mol. The predicted octanol–water partition coefficient (Wildman–Crippen LogP) is 2.16. The van der Waals surface area contributed by atoms with Crippen molar-refractivity contribution in [2.75, 3.05) is 19.6 Å². The van der Waals surface area contributed by atoms with Crippen molar-refractivity contribution in [1.29, 1.82) is 0 Å². The summed E-state index contributed by atoms with van der Waals surface area (Å²) in [5, 5.41) is 0. The molecule has 0 bridgehead atoms. The number of carbonyl (C=O) groups is 2. The van der Waals surface area contributed by atoms with Crippen LogP contribution in [-0.2, 0) is 9.53 Å². The number of rotatable bonds is 0. The van der Waals surface area contributed by atoms with Gasteiger partial charge in [-0.2, -0.15) is 13.2 Å². The van der Waals surface area contributed by atoms with Crippen molar-refractivity contribution in [3.8, 4) is 0 Å². The van der Waals surface area contributed by atoms with Gasteiger partial charge in [-0.1, -0.05) is 0 Å². The van der Waals surface area contributed by atoms with E-state index in [1.54, 1.807) is 20.8 Å². The second kappa shape index (κ2) is 4.78. The Kier molecular flexibility index (Phi) is 3.62. The summed E-state index contributed by atoms with van der Waals surface area (Å²) >= 11 is 0. The summed E-state index contributed by atoms with van der Waals surface area (Å²) < 4.78 is 42.9. The van der Waals surface area contributed by atoms with Crippen LogP contribution in [0.3, 0.4) is 0 Å². The van der Waals surface area contributed by atoms with E-state index in [0.717, 1.165) is 4.90 Å². The Morgan fingerprint density at radius 2 is 1.71 bits per heavy atom. The topological polar surface area (TPSA) is 49.9 Å².